The minimum Gasteiger partial charge on any atom is -0.480 e. The summed E-state index contributed by atoms with van der Waals surface area (Å²) in [5.74, 6) is -0.879. The number of rotatable bonds is 15. The molecule has 0 saturated heterocycles. The van der Waals surface area contributed by atoms with Crippen LogP contribution in [0.5, 0.6) is 0 Å². The largest absolute Gasteiger partial charge is 0.480 e. The number of carbonyl (C=O) groups is 1. The number of hydrogen-bond acceptors (Lipinski definition) is 5. The van der Waals surface area contributed by atoms with E-state index >= 15 is 0 Å². The van der Waals surface area contributed by atoms with Crippen molar-refractivity contribution < 1.29 is 20.1 Å². The van der Waals surface area contributed by atoms with E-state index in [-0.39, 0.29) is 6.10 Å². The van der Waals surface area contributed by atoms with Crippen molar-refractivity contribution in [2.45, 2.75) is 77.5 Å². The van der Waals surface area contributed by atoms with Gasteiger partial charge in [0.05, 0.1) is 12.2 Å². The fourth-order valence-corrected chi connectivity index (χ4v) is 2.43. The number of aliphatic hydroxyl groups is 2. The van der Waals surface area contributed by atoms with Crippen LogP contribution in [0.4, 0.5) is 0 Å². The molecule has 0 radical (unpaired) electrons. The van der Waals surface area contributed by atoms with E-state index in [9.17, 15) is 20.1 Å². The first kappa shape index (κ1) is 22.3. The van der Waals surface area contributed by atoms with Gasteiger partial charge in [-0.15, -0.1) is 0 Å². The molecule has 138 valence electrons. The molecule has 6 heteroatoms. The third-order valence-electron chi connectivity index (χ3n) is 4.09. The Hall–Kier alpha value is -0.690. The van der Waals surface area contributed by atoms with Crippen molar-refractivity contribution >= 4 is 5.97 Å². The zero-order chi connectivity index (χ0) is 17.7. The topological polar surface area (TPSA) is 93.0 Å². The average Bonchev–Trinajstić information content (AvgIpc) is 2.52. The Kier molecular flexibility index (Phi) is 13.3. The summed E-state index contributed by atoms with van der Waals surface area (Å²) < 4.78 is 0. The van der Waals surface area contributed by atoms with Crippen LogP contribution in [-0.2, 0) is 4.79 Å². The smallest absolute Gasteiger partial charge is 0.320 e. The molecule has 0 rings (SSSR count). The quantitative estimate of drug-likeness (QED) is 0.339. The van der Waals surface area contributed by atoms with Crippen LogP contribution in [0.2, 0.25) is 0 Å². The number of nitrogens with zero attached hydrogens (tertiary/aromatic N) is 1. The van der Waals surface area contributed by atoms with E-state index in [1.807, 2.05) is 0 Å². The number of unbranched alkanes of at least 4 members (excludes halogenated alkanes) is 2. The van der Waals surface area contributed by atoms with Gasteiger partial charge in [-0.3, -0.25) is 9.69 Å². The molecule has 0 aliphatic heterocycles. The van der Waals surface area contributed by atoms with Crippen LogP contribution < -0.4 is 5.32 Å². The number of carboxylic acids is 1. The molecule has 6 nitrogen and oxygen atoms in total. The maximum absolute atomic E-state index is 11.2. The highest BCUT2D eigenvalue weighted by atomic mass is 16.4. The minimum absolute atomic E-state index is 0.351. The standard InChI is InChI=1S/C17H36N2O4/c1-4-6-8-15(20)12-18-10-11-19(14(3)17(22)23)13-16(21)9-7-5-2/h14-16,18,20-21H,4-13H2,1-3H3,(H,22,23). The van der Waals surface area contributed by atoms with Crippen molar-refractivity contribution in [3.05, 3.63) is 0 Å². The van der Waals surface area contributed by atoms with Gasteiger partial charge in [-0.2, -0.15) is 0 Å². The Morgan fingerprint density at radius 1 is 1.09 bits per heavy atom. The van der Waals surface area contributed by atoms with E-state index < -0.39 is 18.1 Å². The molecular formula is C17H36N2O4. The lowest BCUT2D eigenvalue weighted by molar-refractivity contribution is -0.143. The van der Waals surface area contributed by atoms with Crippen molar-refractivity contribution in [2.75, 3.05) is 26.2 Å². The monoisotopic (exact) mass is 332 g/mol. The fourth-order valence-electron chi connectivity index (χ4n) is 2.43. The van der Waals surface area contributed by atoms with E-state index in [1.54, 1.807) is 11.8 Å². The molecule has 3 atom stereocenters. The Morgan fingerprint density at radius 3 is 2.17 bits per heavy atom. The van der Waals surface area contributed by atoms with Crippen LogP contribution in [0.25, 0.3) is 0 Å². The maximum atomic E-state index is 11.2. The molecule has 0 amide bonds. The Balaban J connectivity index is 4.18. The Labute approximate surface area is 140 Å². The molecular weight excluding hydrogens is 296 g/mol. The molecule has 0 saturated carbocycles. The molecule has 3 unspecified atom stereocenters. The SMILES string of the molecule is CCCCC(O)CNCCN(CC(O)CCCC)C(C)C(=O)O. The number of hydrogen-bond donors (Lipinski definition) is 4. The van der Waals surface area contributed by atoms with Gasteiger partial charge in [-0.05, 0) is 19.8 Å². The minimum atomic E-state index is -0.879. The van der Waals surface area contributed by atoms with Gasteiger partial charge in [0.15, 0.2) is 0 Å². The van der Waals surface area contributed by atoms with E-state index in [2.05, 4.69) is 19.2 Å². The second kappa shape index (κ2) is 13.7. The van der Waals surface area contributed by atoms with E-state index in [0.29, 0.717) is 32.6 Å². The molecule has 0 bridgehead atoms. The molecule has 0 spiro atoms. The van der Waals surface area contributed by atoms with Crippen LogP contribution in [-0.4, -0.2) is 70.6 Å². The fraction of sp³-hybridized carbons (Fsp3) is 0.941. The van der Waals surface area contributed by atoms with Crippen LogP contribution in [0, 0.1) is 0 Å². The second-order valence-electron chi connectivity index (χ2n) is 6.31. The molecule has 0 aromatic rings. The summed E-state index contributed by atoms with van der Waals surface area (Å²) >= 11 is 0. The summed E-state index contributed by atoms with van der Waals surface area (Å²) in [7, 11) is 0. The van der Waals surface area contributed by atoms with Crippen LogP contribution in [0.1, 0.15) is 59.3 Å². The summed E-state index contributed by atoms with van der Waals surface area (Å²) in [4.78, 5) is 13.0. The first-order chi connectivity index (χ1) is 10.9. The molecule has 4 N–H and O–H groups in total. The summed E-state index contributed by atoms with van der Waals surface area (Å²) in [6.07, 6.45) is 4.67. The van der Waals surface area contributed by atoms with Crippen molar-refractivity contribution in [1.29, 1.82) is 0 Å². The van der Waals surface area contributed by atoms with E-state index in [4.69, 9.17) is 0 Å². The van der Waals surface area contributed by atoms with E-state index in [0.717, 1.165) is 32.1 Å². The van der Waals surface area contributed by atoms with Crippen molar-refractivity contribution in [3.8, 4) is 0 Å². The highest BCUT2D eigenvalue weighted by molar-refractivity contribution is 5.72. The highest BCUT2D eigenvalue weighted by Gasteiger charge is 2.22. The van der Waals surface area contributed by atoms with Crippen LogP contribution >= 0.6 is 0 Å². The summed E-state index contributed by atoms with van der Waals surface area (Å²) in [5.41, 5.74) is 0. The van der Waals surface area contributed by atoms with Gasteiger partial charge in [0.1, 0.15) is 6.04 Å². The maximum Gasteiger partial charge on any atom is 0.320 e. The Bertz CT molecular complexity index is 302. The van der Waals surface area contributed by atoms with Gasteiger partial charge in [0.2, 0.25) is 0 Å². The molecule has 23 heavy (non-hydrogen) atoms. The van der Waals surface area contributed by atoms with Gasteiger partial charge >= 0.3 is 5.97 Å². The van der Waals surface area contributed by atoms with Gasteiger partial charge in [0, 0.05) is 26.2 Å². The molecule has 0 aromatic heterocycles. The first-order valence-electron chi connectivity index (χ1n) is 8.96. The second-order valence-corrected chi connectivity index (χ2v) is 6.31. The zero-order valence-electron chi connectivity index (χ0n) is 15.0. The van der Waals surface area contributed by atoms with Gasteiger partial charge in [-0.1, -0.05) is 39.5 Å². The third kappa shape index (κ3) is 11.5. The lowest BCUT2D eigenvalue weighted by atomic mass is 10.1. The van der Waals surface area contributed by atoms with Gasteiger partial charge in [0.25, 0.3) is 0 Å². The van der Waals surface area contributed by atoms with Crippen molar-refractivity contribution in [1.82, 2.24) is 10.2 Å². The molecule has 0 aliphatic carbocycles. The number of aliphatic hydroxyl groups excluding tert-OH is 2. The Morgan fingerprint density at radius 2 is 1.65 bits per heavy atom. The third-order valence-corrected chi connectivity index (χ3v) is 4.09. The number of nitrogens with one attached hydrogen (secondary N) is 1. The zero-order valence-corrected chi connectivity index (χ0v) is 15.0. The average molecular weight is 332 g/mol. The molecule has 0 aromatic carbocycles. The highest BCUT2D eigenvalue weighted by Crippen LogP contribution is 2.06. The van der Waals surface area contributed by atoms with Crippen LogP contribution in [0.15, 0.2) is 0 Å². The van der Waals surface area contributed by atoms with Gasteiger partial charge in [-0.25, -0.2) is 0 Å². The summed E-state index contributed by atoms with van der Waals surface area (Å²) in [6, 6.07) is -0.627. The normalized spacial score (nSPS) is 15.6. The van der Waals surface area contributed by atoms with Gasteiger partial charge < -0.3 is 20.6 Å². The van der Waals surface area contributed by atoms with Crippen molar-refractivity contribution in [2.24, 2.45) is 0 Å². The molecule has 0 aliphatic rings. The lowest BCUT2D eigenvalue weighted by Gasteiger charge is -2.28. The van der Waals surface area contributed by atoms with Crippen molar-refractivity contribution in [3.63, 3.8) is 0 Å². The van der Waals surface area contributed by atoms with E-state index in [1.165, 1.54) is 0 Å². The number of aliphatic carboxylic acids is 1. The van der Waals surface area contributed by atoms with Crippen LogP contribution in [0.3, 0.4) is 0 Å². The predicted molar refractivity (Wildman–Crippen MR) is 92.6 cm³/mol. The lowest BCUT2D eigenvalue weighted by Crippen LogP contribution is -2.46. The molecule has 0 fully saturated rings. The predicted octanol–water partition coefficient (Wildman–Crippen LogP) is 1.45. The summed E-state index contributed by atoms with van der Waals surface area (Å²) in [6.45, 7) is 7.83. The first-order valence-corrected chi connectivity index (χ1v) is 8.96. The summed E-state index contributed by atoms with van der Waals surface area (Å²) in [5, 5.41) is 32.2. The molecule has 0 heterocycles. The number of carboxylic acid groups (broad SMARTS) is 1.